The van der Waals surface area contributed by atoms with E-state index in [1.165, 1.54) is 23.9 Å². The van der Waals surface area contributed by atoms with Crippen molar-refractivity contribution >= 4 is 5.97 Å². The summed E-state index contributed by atoms with van der Waals surface area (Å²) in [5, 5.41) is 13.1. The molecule has 4 N–H and O–H groups in total. The molecule has 1 unspecified atom stereocenters. The molecule has 1 atom stereocenters. The summed E-state index contributed by atoms with van der Waals surface area (Å²) < 4.78 is 25.2. The number of nitrogens with zero attached hydrogens (tertiary/aromatic N) is 2. The number of ether oxygens (including phenoxy) is 2. The van der Waals surface area contributed by atoms with Crippen molar-refractivity contribution in [1.29, 1.82) is 0 Å². The summed E-state index contributed by atoms with van der Waals surface area (Å²) in [7, 11) is 1.30. The smallest absolute Gasteiger partial charge is 0.358 e. The van der Waals surface area contributed by atoms with Crippen LogP contribution in [0.25, 0.3) is 11.3 Å². The maximum absolute atomic E-state index is 13.1. The fourth-order valence-electron chi connectivity index (χ4n) is 4.49. The molecule has 9 heteroatoms. The molecule has 1 aliphatic heterocycles. The van der Waals surface area contributed by atoms with Crippen molar-refractivity contribution in [1.82, 2.24) is 15.0 Å². The Bertz CT molecular complexity index is 1110. The Morgan fingerprint density at radius 1 is 1.18 bits per heavy atom. The number of aliphatic hydroxyl groups is 1. The Hall–Kier alpha value is -3.43. The number of esters is 1. The van der Waals surface area contributed by atoms with E-state index in [2.05, 4.69) is 5.32 Å². The Morgan fingerprint density at radius 3 is 2.38 bits per heavy atom. The first kappa shape index (κ1) is 23.7. The molecule has 1 aliphatic rings. The molecular formula is C25H29FN4O4. The number of halogens is 1. The average Bonchev–Trinajstić information content (AvgIpc) is 3.21. The van der Waals surface area contributed by atoms with Crippen LogP contribution in [0.5, 0.6) is 11.5 Å². The van der Waals surface area contributed by atoms with E-state index in [4.69, 9.17) is 20.3 Å². The molecule has 2 heterocycles. The van der Waals surface area contributed by atoms with E-state index in [1.807, 2.05) is 0 Å². The third-order valence-corrected chi connectivity index (χ3v) is 6.22. The third kappa shape index (κ3) is 5.05. The van der Waals surface area contributed by atoms with Crippen molar-refractivity contribution in [2.75, 3.05) is 32.6 Å². The van der Waals surface area contributed by atoms with Gasteiger partial charge in [-0.3, -0.25) is 0 Å². The minimum absolute atomic E-state index is 0.000231. The van der Waals surface area contributed by atoms with E-state index in [0.717, 1.165) is 25.9 Å². The van der Waals surface area contributed by atoms with Gasteiger partial charge in [-0.1, -0.05) is 0 Å². The molecule has 1 aromatic heterocycles. The van der Waals surface area contributed by atoms with Gasteiger partial charge in [0.05, 0.1) is 7.11 Å². The third-order valence-electron chi connectivity index (χ3n) is 6.22. The number of aliphatic hydroxyl groups excluding tert-OH is 1. The second kappa shape index (κ2) is 10.7. The molecule has 180 valence electrons. The van der Waals surface area contributed by atoms with Gasteiger partial charge in [0.1, 0.15) is 28.8 Å². The molecule has 0 saturated carbocycles. The number of hydrogen-bond donors (Lipinski definition) is 3. The Morgan fingerprint density at radius 2 is 1.79 bits per heavy atom. The number of methoxy groups -OCH3 is 1. The van der Waals surface area contributed by atoms with Crippen LogP contribution >= 0.6 is 0 Å². The molecule has 2 aromatic carbocycles. The number of benzene rings is 2. The number of nitrogen functional groups attached to an aromatic ring is 1. The monoisotopic (exact) mass is 468 g/mol. The van der Waals surface area contributed by atoms with E-state index in [0.29, 0.717) is 40.9 Å². The number of nitrogens with one attached hydrogen (secondary N) is 1. The van der Waals surface area contributed by atoms with Gasteiger partial charge in [0.15, 0.2) is 5.69 Å². The highest BCUT2D eigenvalue weighted by Crippen LogP contribution is 2.36. The molecule has 4 rings (SSSR count). The second-order valence-corrected chi connectivity index (χ2v) is 8.32. The summed E-state index contributed by atoms with van der Waals surface area (Å²) in [6.07, 6.45) is 2.38. The summed E-state index contributed by atoms with van der Waals surface area (Å²) in [4.78, 5) is 17.4. The topological polar surface area (TPSA) is 112 Å². The maximum Gasteiger partial charge on any atom is 0.358 e. The van der Waals surface area contributed by atoms with Crippen LogP contribution < -0.4 is 15.9 Å². The maximum atomic E-state index is 13.1. The molecule has 0 bridgehead atoms. The summed E-state index contributed by atoms with van der Waals surface area (Å²) in [5.41, 5.74) is 1.24. The molecule has 0 amide bonds. The van der Waals surface area contributed by atoms with E-state index >= 15 is 0 Å². The first-order valence-electron chi connectivity index (χ1n) is 11.3. The van der Waals surface area contributed by atoms with Gasteiger partial charge in [-0.15, -0.1) is 0 Å². The number of hydrogen-bond acceptors (Lipinski definition) is 7. The van der Waals surface area contributed by atoms with Crippen molar-refractivity contribution in [2.45, 2.75) is 25.2 Å². The van der Waals surface area contributed by atoms with Gasteiger partial charge in [-0.2, -0.15) is 0 Å². The number of piperidine rings is 1. The normalized spacial score (nSPS) is 15.1. The van der Waals surface area contributed by atoms with Gasteiger partial charge >= 0.3 is 5.97 Å². The fraction of sp³-hybridized carbons (Fsp3) is 0.360. The van der Waals surface area contributed by atoms with E-state index in [9.17, 15) is 14.3 Å². The lowest BCUT2D eigenvalue weighted by Crippen LogP contribution is -2.33. The van der Waals surface area contributed by atoms with Crippen LogP contribution in [0.1, 0.15) is 41.5 Å². The molecule has 1 saturated heterocycles. The largest absolute Gasteiger partial charge is 0.464 e. The zero-order valence-corrected chi connectivity index (χ0v) is 19.0. The molecule has 34 heavy (non-hydrogen) atoms. The number of imidazole rings is 1. The van der Waals surface area contributed by atoms with Crippen LogP contribution in [0.3, 0.4) is 0 Å². The van der Waals surface area contributed by atoms with Crippen LogP contribution in [0, 0.1) is 11.7 Å². The highest BCUT2D eigenvalue weighted by Gasteiger charge is 2.32. The van der Waals surface area contributed by atoms with Crippen molar-refractivity contribution < 1.29 is 23.8 Å². The van der Waals surface area contributed by atoms with Crippen LogP contribution in [0.15, 0.2) is 48.5 Å². The summed E-state index contributed by atoms with van der Waals surface area (Å²) in [6.45, 7) is 1.79. The van der Waals surface area contributed by atoms with Crippen LogP contribution in [-0.2, 0) is 4.74 Å². The molecule has 8 nitrogen and oxygen atoms in total. The van der Waals surface area contributed by atoms with Gasteiger partial charge in [-0.05, 0) is 86.8 Å². The van der Waals surface area contributed by atoms with Gasteiger partial charge < -0.3 is 25.7 Å². The predicted molar refractivity (Wildman–Crippen MR) is 126 cm³/mol. The standard InChI is InChI=1S/C25H29FN4O4/c1-33-25(32)23-22(17-2-6-19(7-3-17)34-20-8-4-18(26)5-9-20)29-24(30(23)27)21(12-15-31)16-10-13-28-14-11-16/h2-9,16,21,28,31H,10-15,27H2,1H3. The van der Waals surface area contributed by atoms with E-state index in [-0.39, 0.29) is 24.0 Å². The van der Waals surface area contributed by atoms with Gasteiger partial charge in [-0.25, -0.2) is 18.8 Å². The number of aromatic nitrogens is 2. The molecule has 0 radical (unpaired) electrons. The lowest BCUT2D eigenvalue weighted by molar-refractivity contribution is 0.0591. The zero-order valence-electron chi connectivity index (χ0n) is 19.0. The lowest BCUT2D eigenvalue weighted by atomic mass is 9.82. The average molecular weight is 469 g/mol. The fourth-order valence-corrected chi connectivity index (χ4v) is 4.49. The van der Waals surface area contributed by atoms with E-state index in [1.54, 1.807) is 36.4 Å². The summed E-state index contributed by atoms with van der Waals surface area (Å²) >= 11 is 0. The van der Waals surface area contributed by atoms with Gasteiger partial charge in [0.25, 0.3) is 0 Å². The number of carbonyl (C=O) groups is 1. The van der Waals surface area contributed by atoms with Crippen molar-refractivity contribution in [3.05, 3.63) is 65.9 Å². The van der Waals surface area contributed by atoms with Crippen LogP contribution in [0.2, 0.25) is 0 Å². The molecular weight excluding hydrogens is 439 g/mol. The first-order chi connectivity index (χ1) is 16.5. The predicted octanol–water partition coefficient (Wildman–Crippen LogP) is 3.45. The van der Waals surface area contributed by atoms with Crippen molar-refractivity contribution in [2.24, 2.45) is 5.92 Å². The Kier molecular flexibility index (Phi) is 7.44. The molecule has 0 spiro atoms. The molecule has 0 aliphatic carbocycles. The second-order valence-electron chi connectivity index (χ2n) is 8.32. The number of carbonyl (C=O) groups excluding carboxylic acids is 1. The minimum Gasteiger partial charge on any atom is -0.464 e. The summed E-state index contributed by atoms with van der Waals surface area (Å²) in [5.74, 6) is 7.30. The van der Waals surface area contributed by atoms with E-state index < -0.39 is 5.97 Å². The minimum atomic E-state index is -0.587. The Balaban J connectivity index is 1.67. The van der Waals surface area contributed by atoms with Crippen LogP contribution in [0.4, 0.5) is 4.39 Å². The zero-order chi connectivity index (χ0) is 24.1. The summed E-state index contributed by atoms with van der Waals surface area (Å²) in [6, 6.07) is 12.8. The van der Waals surface area contributed by atoms with Gasteiger partial charge in [0, 0.05) is 18.1 Å². The number of nitrogens with two attached hydrogens (primary N) is 1. The van der Waals surface area contributed by atoms with Gasteiger partial charge in [0.2, 0.25) is 0 Å². The lowest BCUT2D eigenvalue weighted by Gasteiger charge is -2.30. The quantitative estimate of drug-likeness (QED) is 0.343. The van der Waals surface area contributed by atoms with Crippen LogP contribution in [-0.4, -0.2) is 47.5 Å². The SMILES string of the molecule is COC(=O)c1c(-c2ccc(Oc3ccc(F)cc3)cc2)nc(C(CCO)C2CCNCC2)n1N. The first-order valence-corrected chi connectivity index (χ1v) is 11.3. The van der Waals surface area contributed by atoms with Crippen molar-refractivity contribution in [3.8, 4) is 22.8 Å². The Labute approximate surface area is 197 Å². The molecule has 1 fully saturated rings. The highest BCUT2D eigenvalue weighted by molar-refractivity contribution is 5.94. The van der Waals surface area contributed by atoms with Crippen molar-refractivity contribution in [3.63, 3.8) is 0 Å². The highest BCUT2D eigenvalue weighted by atomic mass is 19.1. The number of rotatable bonds is 8. The molecule has 3 aromatic rings.